The molecule has 0 aliphatic heterocycles. The Morgan fingerprint density at radius 2 is 1.17 bits per heavy atom. The predicted octanol–water partition coefficient (Wildman–Crippen LogP) is 3.64. The SMILES string of the molecule is OP(Oc1ccccc1F)Oc1ccccc1F. The first-order valence-electron chi connectivity index (χ1n) is 5.01. The minimum atomic E-state index is -2.45. The van der Waals surface area contributed by atoms with Crippen LogP contribution in [0.5, 0.6) is 11.5 Å². The maximum absolute atomic E-state index is 13.2. The van der Waals surface area contributed by atoms with E-state index < -0.39 is 20.2 Å². The van der Waals surface area contributed by atoms with Crippen molar-refractivity contribution in [3.8, 4) is 11.5 Å². The van der Waals surface area contributed by atoms with Gasteiger partial charge in [0, 0.05) is 0 Å². The molecule has 0 saturated heterocycles. The summed E-state index contributed by atoms with van der Waals surface area (Å²) in [5.74, 6) is -1.56. The average Bonchev–Trinajstić information content (AvgIpc) is 2.35. The van der Waals surface area contributed by atoms with Crippen LogP contribution >= 0.6 is 8.60 Å². The monoisotopic (exact) mass is 270 g/mol. The van der Waals surface area contributed by atoms with Crippen LogP contribution in [0.15, 0.2) is 48.5 Å². The van der Waals surface area contributed by atoms with Gasteiger partial charge in [0.25, 0.3) is 0 Å². The minimum absolute atomic E-state index is 0.151. The number of halogens is 2. The molecule has 3 nitrogen and oxygen atoms in total. The van der Waals surface area contributed by atoms with Crippen LogP contribution < -0.4 is 9.05 Å². The van der Waals surface area contributed by atoms with E-state index in [0.717, 1.165) is 0 Å². The van der Waals surface area contributed by atoms with Gasteiger partial charge in [0.05, 0.1) is 0 Å². The molecule has 0 amide bonds. The molecule has 18 heavy (non-hydrogen) atoms. The highest BCUT2D eigenvalue weighted by Gasteiger charge is 2.15. The number of para-hydroxylation sites is 2. The average molecular weight is 270 g/mol. The third kappa shape index (κ3) is 3.15. The molecule has 0 atom stereocenters. The number of hydrogen-bond donors (Lipinski definition) is 1. The summed E-state index contributed by atoms with van der Waals surface area (Å²) in [5, 5.41) is 0. The summed E-state index contributed by atoms with van der Waals surface area (Å²) in [5.41, 5.74) is 0. The molecule has 0 aromatic heterocycles. The van der Waals surface area contributed by atoms with Crippen molar-refractivity contribution in [2.45, 2.75) is 0 Å². The summed E-state index contributed by atoms with van der Waals surface area (Å²) < 4.78 is 36.1. The second-order valence-corrected chi connectivity index (χ2v) is 4.12. The summed E-state index contributed by atoms with van der Waals surface area (Å²) in [6, 6.07) is 11.1. The Morgan fingerprint density at radius 3 is 1.56 bits per heavy atom. The molecule has 2 rings (SSSR count). The molecule has 2 aromatic rings. The zero-order chi connectivity index (χ0) is 13.0. The summed E-state index contributed by atoms with van der Waals surface area (Å²) in [7, 11) is -2.45. The fourth-order valence-corrected chi connectivity index (χ4v) is 1.89. The normalized spacial score (nSPS) is 10.4. The van der Waals surface area contributed by atoms with Crippen molar-refractivity contribution in [3.05, 3.63) is 60.2 Å². The zero-order valence-corrected chi connectivity index (χ0v) is 9.98. The van der Waals surface area contributed by atoms with E-state index in [-0.39, 0.29) is 11.5 Å². The van der Waals surface area contributed by atoms with Crippen molar-refractivity contribution >= 4 is 8.60 Å². The van der Waals surface area contributed by atoms with Crippen LogP contribution in [0.3, 0.4) is 0 Å². The van der Waals surface area contributed by atoms with E-state index in [2.05, 4.69) is 0 Å². The second-order valence-electron chi connectivity index (χ2n) is 3.28. The molecule has 0 bridgehead atoms. The van der Waals surface area contributed by atoms with Crippen molar-refractivity contribution in [3.63, 3.8) is 0 Å². The highest BCUT2D eigenvalue weighted by molar-refractivity contribution is 7.41. The van der Waals surface area contributed by atoms with Crippen LogP contribution in [0.1, 0.15) is 0 Å². The van der Waals surface area contributed by atoms with Crippen molar-refractivity contribution in [1.82, 2.24) is 0 Å². The molecule has 1 N–H and O–H groups in total. The van der Waals surface area contributed by atoms with Gasteiger partial charge in [0.15, 0.2) is 23.1 Å². The fraction of sp³-hybridized carbons (Fsp3) is 0. The van der Waals surface area contributed by atoms with E-state index in [4.69, 9.17) is 9.05 Å². The lowest BCUT2D eigenvalue weighted by Crippen LogP contribution is -1.97. The Labute approximate surface area is 104 Å². The minimum Gasteiger partial charge on any atom is -0.415 e. The molecular weight excluding hydrogens is 261 g/mol. The molecule has 0 radical (unpaired) electrons. The standard InChI is InChI=1S/C12H9F2O3P/c13-9-5-1-3-7-11(9)16-18(15)17-12-8-4-2-6-10(12)14/h1-8,15H. The van der Waals surface area contributed by atoms with Crippen molar-refractivity contribution < 1.29 is 22.7 Å². The molecule has 0 fully saturated rings. The van der Waals surface area contributed by atoms with Crippen LogP contribution in [0.25, 0.3) is 0 Å². The Bertz CT molecular complexity index is 489. The van der Waals surface area contributed by atoms with Crippen molar-refractivity contribution in [2.24, 2.45) is 0 Å². The fourth-order valence-electron chi connectivity index (χ4n) is 1.22. The predicted molar refractivity (Wildman–Crippen MR) is 63.2 cm³/mol. The van der Waals surface area contributed by atoms with E-state index in [1.165, 1.54) is 36.4 Å². The van der Waals surface area contributed by atoms with Gasteiger partial charge in [-0.25, -0.2) is 8.78 Å². The van der Waals surface area contributed by atoms with Gasteiger partial charge in [-0.15, -0.1) is 0 Å². The first-order valence-corrected chi connectivity index (χ1v) is 6.14. The Morgan fingerprint density at radius 1 is 0.778 bits per heavy atom. The third-order valence-corrected chi connectivity index (χ3v) is 2.73. The lowest BCUT2D eigenvalue weighted by Gasteiger charge is -2.12. The molecule has 94 valence electrons. The van der Waals surface area contributed by atoms with E-state index in [9.17, 15) is 13.7 Å². The van der Waals surface area contributed by atoms with Gasteiger partial charge < -0.3 is 13.9 Å². The lowest BCUT2D eigenvalue weighted by molar-refractivity contribution is 0.362. The molecule has 0 saturated carbocycles. The Hall–Kier alpha value is -1.71. The molecule has 0 heterocycles. The molecule has 0 unspecified atom stereocenters. The maximum Gasteiger partial charge on any atom is 0.460 e. The van der Waals surface area contributed by atoms with Crippen LogP contribution in [0, 0.1) is 11.6 Å². The summed E-state index contributed by atoms with van der Waals surface area (Å²) >= 11 is 0. The molecule has 6 heteroatoms. The molecule has 0 spiro atoms. The van der Waals surface area contributed by atoms with Crippen molar-refractivity contribution in [1.29, 1.82) is 0 Å². The highest BCUT2D eigenvalue weighted by Crippen LogP contribution is 2.38. The van der Waals surface area contributed by atoms with Gasteiger partial charge in [0.2, 0.25) is 0 Å². The van der Waals surface area contributed by atoms with Crippen LogP contribution in [0.2, 0.25) is 0 Å². The van der Waals surface area contributed by atoms with E-state index >= 15 is 0 Å². The quantitative estimate of drug-likeness (QED) is 0.862. The Balaban J connectivity index is 2.04. The van der Waals surface area contributed by atoms with Gasteiger partial charge >= 0.3 is 8.60 Å². The number of hydrogen-bond acceptors (Lipinski definition) is 3. The van der Waals surface area contributed by atoms with Gasteiger partial charge in [0.1, 0.15) is 0 Å². The van der Waals surface area contributed by atoms with Crippen LogP contribution in [0.4, 0.5) is 8.78 Å². The number of rotatable bonds is 4. The highest BCUT2D eigenvalue weighted by atomic mass is 31.2. The lowest BCUT2D eigenvalue weighted by atomic mass is 10.3. The van der Waals surface area contributed by atoms with Crippen LogP contribution in [-0.2, 0) is 0 Å². The van der Waals surface area contributed by atoms with Gasteiger partial charge in [-0.2, -0.15) is 0 Å². The van der Waals surface area contributed by atoms with E-state index in [1.807, 2.05) is 0 Å². The third-order valence-electron chi connectivity index (χ3n) is 2.03. The first kappa shape index (κ1) is 12.7. The topological polar surface area (TPSA) is 38.7 Å². The van der Waals surface area contributed by atoms with Gasteiger partial charge in [-0.3, -0.25) is 0 Å². The first-order chi connectivity index (χ1) is 8.66. The molecule has 2 aromatic carbocycles. The zero-order valence-electron chi connectivity index (χ0n) is 9.09. The maximum atomic E-state index is 13.2. The van der Waals surface area contributed by atoms with E-state index in [0.29, 0.717) is 0 Å². The molecular formula is C12H9F2O3P. The molecule has 0 aliphatic rings. The number of benzene rings is 2. The Kier molecular flexibility index (Phi) is 4.07. The second kappa shape index (κ2) is 5.76. The summed E-state index contributed by atoms with van der Waals surface area (Å²) in [6.45, 7) is 0. The largest absolute Gasteiger partial charge is 0.460 e. The summed E-state index contributed by atoms with van der Waals surface area (Å²) in [4.78, 5) is 9.49. The van der Waals surface area contributed by atoms with E-state index in [1.54, 1.807) is 12.1 Å². The van der Waals surface area contributed by atoms with Crippen LogP contribution in [-0.4, -0.2) is 4.89 Å². The summed E-state index contributed by atoms with van der Waals surface area (Å²) in [6.07, 6.45) is 0. The smallest absolute Gasteiger partial charge is 0.415 e. The molecule has 0 aliphatic carbocycles. The van der Waals surface area contributed by atoms with Crippen molar-refractivity contribution in [2.75, 3.05) is 0 Å². The van der Waals surface area contributed by atoms with Gasteiger partial charge in [-0.1, -0.05) is 24.3 Å². The van der Waals surface area contributed by atoms with Gasteiger partial charge in [-0.05, 0) is 24.3 Å².